The third-order valence-electron chi connectivity index (χ3n) is 3.35. The summed E-state index contributed by atoms with van der Waals surface area (Å²) in [5.74, 6) is -0.999. The SMILES string of the molecule is C/C=C/CCNC(=O)c1ccccc1C(=O)c1ccc(F)cc1. The molecule has 0 aliphatic carbocycles. The van der Waals surface area contributed by atoms with Crippen molar-refractivity contribution in [3.05, 3.63) is 83.2 Å². The Kier molecular flexibility index (Phi) is 5.80. The smallest absolute Gasteiger partial charge is 0.252 e. The summed E-state index contributed by atoms with van der Waals surface area (Å²) in [4.78, 5) is 24.8. The Balaban J connectivity index is 2.21. The van der Waals surface area contributed by atoms with Crippen LogP contribution in [-0.2, 0) is 0 Å². The summed E-state index contributed by atoms with van der Waals surface area (Å²) >= 11 is 0. The number of rotatable bonds is 6. The van der Waals surface area contributed by atoms with Crippen molar-refractivity contribution < 1.29 is 14.0 Å². The van der Waals surface area contributed by atoms with Crippen LogP contribution in [0.2, 0.25) is 0 Å². The third-order valence-corrected chi connectivity index (χ3v) is 3.35. The van der Waals surface area contributed by atoms with Crippen LogP contribution in [0, 0.1) is 5.82 Å². The van der Waals surface area contributed by atoms with Crippen LogP contribution >= 0.6 is 0 Å². The summed E-state index contributed by atoms with van der Waals surface area (Å²) in [6.45, 7) is 2.42. The third kappa shape index (κ3) is 4.36. The fraction of sp³-hybridized carbons (Fsp3) is 0.158. The monoisotopic (exact) mass is 311 g/mol. The molecule has 118 valence electrons. The molecule has 0 heterocycles. The molecule has 2 aromatic rings. The zero-order valence-corrected chi connectivity index (χ0v) is 12.9. The number of allylic oxidation sites excluding steroid dienone is 1. The van der Waals surface area contributed by atoms with Crippen LogP contribution in [0.4, 0.5) is 4.39 Å². The van der Waals surface area contributed by atoms with Crippen molar-refractivity contribution in [2.75, 3.05) is 6.54 Å². The van der Waals surface area contributed by atoms with Gasteiger partial charge in [0.2, 0.25) is 0 Å². The van der Waals surface area contributed by atoms with E-state index in [1.165, 1.54) is 24.3 Å². The molecule has 23 heavy (non-hydrogen) atoms. The molecule has 0 fully saturated rings. The summed E-state index contributed by atoms with van der Waals surface area (Å²) in [6.07, 6.45) is 4.60. The minimum atomic E-state index is -0.406. The van der Waals surface area contributed by atoms with Gasteiger partial charge in [0.25, 0.3) is 5.91 Å². The van der Waals surface area contributed by atoms with Gasteiger partial charge >= 0.3 is 0 Å². The zero-order valence-electron chi connectivity index (χ0n) is 12.9. The molecule has 0 radical (unpaired) electrons. The zero-order chi connectivity index (χ0) is 16.7. The van der Waals surface area contributed by atoms with Gasteiger partial charge in [-0.3, -0.25) is 9.59 Å². The minimum absolute atomic E-state index is 0.291. The molecular weight excluding hydrogens is 293 g/mol. The molecule has 1 N–H and O–H groups in total. The van der Waals surface area contributed by atoms with Gasteiger partial charge in [-0.25, -0.2) is 4.39 Å². The van der Waals surface area contributed by atoms with Gasteiger partial charge in [0, 0.05) is 17.7 Å². The topological polar surface area (TPSA) is 46.2 Å². The van der Waals surface area contributed by atoms with E-state index in [9.17, 15) is 14.0 Å². The number of ketones is 1. The summed E-state index contributed by atoms with van der Waals surface area (Å²) in [5, 5.41) is 2.79. The average molecular weight is 311 g/mol. The number of carbonyl (C=O) groups is 2. The number of nitrogens with one attached hydrogen (secondary N) is 1. The Morgan fingerprint density at radius 2 is 1.70 bits per heavy atom. The number of carbonyl (C=O) groups excluding carboxylic acids is 2. The van der Waals surface area contributed by atoms with Crippen LogP contribution in [0.3, 0.4) is 0 Å². The van der Waals surface area contributed by atoms with E-state index in [4.69, 9.17) is 0 Å². The molecule has 3 nitrogen and oxygen atoms in total. The number of benzene rings is 2. The minimum Gasteiger partial charge on any atom is -0.352 e. The van der Waals surface area contributed by atoms with E-state index in [-0.39, 0.29) is 11.7 Å². The quantitative estimate of drug-likeness (QED) is 0.502. The van der Waals surface area contributed by atoms with Crippen LogP contribution in [0.15, 0.2) is 60.7 Å². The Morgan fingerprint density at radius 3 is 2.35 bits per heavy atom. The van der Waals surface area contributed by atoms with Gasteiger partial charge in [-0.1, -0.05) is 30.4 Å². The number of amides is 1. The highest BCUT2D eigenvalue weighted by atomic mass is 19.1. The van der Waals surface area contributed by atoms with Crippen molar-refractivity contribution in [2.24, 2.45) is 0 Å². The van der Waals surface area contributed by atoms with Crippen molar-refractivity contribution >= 4 is 11.7 Å². The molecule has 2 rings (SSSR count). The Labute approximate surface area is 134 Å². The maximum Gasteiger partial charge on any atom is 0.252 e. The predicted octanol–water partition coefficient (Wildman–Crippen LogP) is 3.75. The van der Waals surface area contributed by atoms with Crippen LogP contribution in [0.25, 0.3) is 0 Å². The first-order chi connectivity index (χ1) is 11.1. The standard InChI is InChI=1S/C19H18FNO2/c1-2-3-6-13-21-19(23)17-8-5-4-7-16(17)18(22)14-9-11-15(20)12-10-14/h2-5,7-12H,6,13H2,1H3,(H,21,23)/b3-2+. The second-order valence-corrected chi connectivity index (χ2v) is 5.00. The van der Waals surface area contributed by atoms with Crippen molar-refractivity contribution in [3.8, 4) is 0 Å². The summed E-state index contributed by atoms with van der Waals surface area (Å²) in [7, 11) is 0. The normalized spacial score (nSPS) is 10.7. The number of hydrogen-bond acceptors (Lipinski definition) is 2. The van der Waals surface area contributed by atoms with E-state index >= 15 is 0 Å². The van der Waals surface area contributed by atoms with Gasteiger partial charge in [0.1, 0.15) is 5.82 Å². The van der Waals surface area contributed by atoms with Gasteiger partial charge in [-0.2, -0.15) is 0 Å². The maximum absolute atomic E-state index is 13.0. The number of hydrogen-bond donors (Lipinski definition) is 1. The van der Waals surface area contributed by atoms with Crippen molar-refractivity contribution in [2.45, 2.75) is 13.3 Å². The maximum atomic E-state index is 13.0. The van der Waals surface area contributed by atoms with Crippen LogP contribution in [0.1, 0.15) is 39.6 Å². The molecule has 0 bridgehead atoms. The summed E-state index contributed by atoms with van der Waals surface area (Å²) < 4.78 is 13.0. The fourth-order valence-corrected chi connectivity index (χ4v) is 2.17. The summed E-state index contributed by atoms with van der Waals surface area (Å²) in [6, 6.07) is 11.9. The van der Waals surface area contributed by atoms with E-state index in [0.29, 0.717) is 23.2 Å². The molecule has 2 aromatic carbocycles. The molecule has 0 spiro atoms. The second-order valence-electron chi connectivity index (χ2n) is 5.00. The first-order valence-electron chi connectivity index (χ1n) is 7.42. The highest BCUT2D eigenvalue weighted by Crippen LogP contribution is 2.15. The predicted molar refractivity (Wildman–Crippen MR) is 88.0 cm³/mol. The molecule has 0 unspecified atom stereocenters. The first kappa shape index (κ1) is 16.6. The fourth-order valence-electron chi connectivity index (χ4n) is 2.17. The highest BCUT2D eigenvalue weighted by molar-refractivity contribution is 6.15. The molecule has 0 aliphatic heterocycles. The van der Waals surface area contributed by atoms with E-state index in [1.54, 1.807) is 24.3 Å². The lowest BCUT2D eigenvalue weighted by Crippen LogP contribution is -2.26. The van der Waals surface area contributed by atoms with Crippen molar-refractivity contribution in [1.29, 1.82) is 0 Å². The van der Waals surface area contributed by atoms with Crippen LogP contribution in [-0.4, -0.2) is 18.2 Å². The lowest BCUT2D eigenvalue weighted by atomic mass is 9.98. The van der Waals surface area contributed by atoms with Gasteiger partial charge in [-0.15, -0.1) is 0 Å². The van der Waals surface area contributed by atoms with E-state index in [0.717, 1.165) is 6.42 Å². The molecule has 0 atom stereocenters. The lowest BCUT2D eigenvalue weighted by Gasteiger charge is -2.09. The Bertz CT molecular complexity index is 720. The molecule has 0 aromatic heterocycles. The number of halogens is 1. The van der Waals surface area contributed by atoms with E-state index < -0.39 is 5.82 Å². The van der Waals surface area contributed by atoms with Crippen LogP contribution in [0.5, 0.6) is 0 Å². The van der Waals surface area contributed by atoms with Crippen molar-refractivity contribution in [3.63, 3.8) is 0 Å². The van der Waals surface area contributed by atoms with Crippen LogP contribution < -0.4 is 5.32 Å². The lowest BCUT2D eigenvalue weighted by molar-refractivity contribution is 0.0942. The van der Waals surface area contributed by atoms with Gasteiger partial charge in [-0.05, 0) is 43.7 Å². The van der Waals surface area contributed by atoms with E-state index in [1.807, 2.05) is 19.1 Å². The van der Waals surface area contributed by atoms with Gasteiger partial charge in [0.15, 0.2) is 5.78 Å². The Hall–Kier alpha value is -2.75. The first-order valence-corrected chi connectivity index (χ1v) is 7.42. The molecule has 0 aliphatic rings. The second kappa shape index (κ2) is 8.03. The molecular formula is C19H18FNO2. The molecule has 4 heteroatoms. The van der Waals surface area contributed by atoms with Crippen molar-refractivity contribution in [1.82, 2.24) is 5.32 Å². The highest BCUT2D eigenvalue weighted by Gasteiger charge is 2.17. The van der Waals surface area contributed by atoms with E-state index in [2.05, 4.69) is 5.32 Å². The largest absolute Gasteiger partial charge is 0.352 e. The van der Waals surface area contributed by atoms with Gasteiger partial charge in [0.05, 0.1) is 5.56 Å². The average Bonchev–Trinajstić information content (AvgIpc) is 2.58. The molecule has 0 saturated heterocycles. The molecule has 0 saturated carbocycles. The Morgan fingerprint density at radius 1 is 1.04 bits per heavy atom. The molecule has 1 amide bonds. The van der Waals surface area contributed by atoms with Gasteiger partial charge < -0.3 is 5.32 Å². The summed E-state index contributed by atoms with van der Waals surface area (Å²) in [5.41, 5.74) is 0.977.